The third kappa shape index (κ3) is 6.51. The molecule has 0 aliphatic carbocycles. The van der Waals surface area contributed by atoms with Gasteiger partial charge in [-0.25, -0.2) is 18.4 Å². The maximum atomic E-state index is 14.6. The smallest absolute Gasteiger partial charge is 0.412 e. The molecule has 0 unspecified atom stereocenters. The molecule has 3 aromatic carbocycles. The molecule has 4 aromatic rings. The predicted molar refractivity (Wildman–Crippen MR) is 160 cm³/mol. The number of aromatic nitrogens is 2. The molecule has 0 spiro atoms. The number of ether oxygens (including phenoxy) is 1. The number of carbonyl (C=O) groups excluding carboxylic acids is 1. The second-order valence-corrected chi connectivity index (χ2v) is 11.5. The Bertz CT molecular complexity index is 1720. The number of hydrogen-bond acceptors (Lipinski definition) is 4. The normalized spacial score (nSPS) is 12.2. The Balaban J connectivity index is 1.84. The van der Waals surface area contributed by atoms with E-state index in [0.717, 1.165) is 33.4 Å². The Hall–Kier alpha value is -4.53. The zero-order chi connectivity index (χ0) is 30.9. The van der Waals surface area contributed by atoms with Gasteiger partial charge in [-0.3, -0.25) is 19.2 Å². The SMILES string of the molecule is Cc1cc(C)c(-c2cn(Cc3c(F)cccc3F)c(=O)n([C@H](C)c3ccc(NC(=O)OC(C)(C)C)cc3)c2=O)c(C)c1. The average Bonchev–Trinajstić information content (AvgIpc) is 2.87. The number of aryl methyl sites for hydroxylation is 3. The van der Waals surface area contributed by atoms with Gasteiger partial charge in [0.25, 0.3) is 5.56 Å². The largest absolute Gasteiger partial charge is 0.444 e. The van der Waals surface area contributed by atoms with Crippen molar-refractivity contribution in [3.05, 3.63) is 121 Å². The summed E-state index contributed by atoms with van der Waals surface area (Å²) in [5, 5.41) is 2.66. The fraction of sp³-hybridized carbons (Fsp3) is 0.303. The van der Waals surface area contributed by atoms with Crippen LogP contribution >= 0.6 is 0 Å². The summed E-state index contributed by atoms with van der Waals surface area (Å²) >= 11 is 0. The topological polar surface area (TPSA) is 82.3 Å². The highest BCUT2D eigenvalue weighted by Crippen LogP contribution is 2.27. The first kappa shape index (κ1) is 30.4. The molecular formula is C33H35F2N3O4. The minimum Gasteiger partial charge on any atom is -0.444 e. The van der Waals surface area contributed by atoms with Crippen molar-refractivity contribution in [1.82, 2.24) is 9.13 Å². The summed E-state index contributed by atoms with van der Waals surface area (Å²) in [4.78, 5) is 40.0. The number of benzene rings is 3. The van der Waals surface area contributed by atoms with E-state index in [4.69, 9.17) is 4.74 Å². The molecule has 0 aliphatic heterocycles. The van der Waals surface area contributed by atoms with E-state index in [9.17, 15) is 23.2 Å². The third-order valence-electron chi connectivity index (χ3n) is 6.95. The first-order valence-electron chi connectivity index (χ1n) is 13.6. The van der Waals surface area contributed by atoms with Crippen LogP contribution in [0.1, 0.15) is 61.6 Å². The van der Waals surface area contributed by atoms with E-state index in [-0.39, 0.29) is 11.1 Å². The molecule has 1 atom stereocenters. The van der Waals surface area contributed by atoms with Crippen LogP contribution < -0.4 is 16.6 Å². The van der Waals surface area contributed by atoms with Gasteiger partial charge in [-0.15, -0.1) is 0 Å². The van der Waals surface area contributed by atoms with E-state index in [0.29, 0.717) is 16.8 Å². The van der Waals surface area contributed by atoms with Gasteiger partial charge >= 0.3 is 11.8 Å². The molecule has 1 amide bonds. The maximum absolute atomic E-state index is 14.6. The van der Waals surface area contributed by atoms with Crippen LogP contribution in [-0.4, -0.2) is 20.8 Å². The zero-order valence-electron chi connectivity index (χ0n) is 24.8. The molecule has 0 fully saturated rings. The molecule has 220 valence electrons. The number of anilines is 1. The first-order valence-corrected chi connectivity index (χ1v) is 13.6. The lowest BCUT2D eigenvalue weighted by Crippen LogP contribution is -2.42. The molecule has 0 saturated heterocycles. The van der Waals surface area contributed by atoms with Gasteiger partial charge < -0.3 is 4.74 Å². The zero-order valence-corrected chi connectivity index (χ0v) is 24.8. The Morgan fingerprint density at radius 2 is 1.52 bits per heavy atom. The van der Waals surface area contributed by atoms with Crippen LogP contribution in [0.15, 0.2) is 70.4 Å². The summed E-state index contributed by atoms with van der Waals surface area (Å²) < 4.78 is 36.8. The Morgan fingerprint density at radius 3 is 2.07 bits per heavy atom. The van der Waals surface area contributed by atoms with E-state index >= 15 is 0 Å². The highest BCUT2D eigenvalue weighted by atomic mass is 19.1. The van der Waals surface area contributed by atoms with Crippen LogP contribution in [0.2, 0.25) is 0 Å². The molecule has 0 bridgehead atoms. The van der Waals surface area contributed by atoms with Crippen LogP contribution in [0.5, 0.6) is 0 Å². The van der Waals surface area contributed by atoms with E-state index in [1.165, 1.54) is 16.8 Å². The van der Waals surface area contributed by atoms with Crippen molar-refractivity contribution in [2.75, 3.05) is 5.32 Å². The lowest BCUT2D eigenvalue weighted by atomic mass is 9.95. The van der Waals surface area contributed by atoms with Crippen molar-refractivity contribution in [2.24, 2.45) is 0 Å². The van der Waals surface area contributed by atoms with Crippen LogP contribution in [0, 0.1) is 32.4 Å². The van der Waals surface area contributed by atoms with Gasteiger partial charge in [-0.05, 0) is 95.0 Å². The quantitative estimate of drug-likeness (QED) is 0.272. The Labute approximate surface area is 243 Å². The second kappa shape index (κ2) is 11.8. The molecule has 1 aromatic heterocycles. The molecule has 0 radical (unpaired) electrons. The van der Waals surface area contributed by atoms with Gasteiger partial charge in [0, 0.05) is 17.4 Å². The predicted octanol–water partition coefficient (Wildman–Crippen LogP) is 6.89. The number of amides is 1. The van der Waals surface area contributed by atoms with E-state index in [1.807, 2.05) is 32.9 Å². The third-order valence-corrected chi connectivity index (χ3v) is 6.95. The number of hydrogen-bond donors (Lipinski definition) is 1. The van der Waals surface area contributed by atoms with Crippen molar-refractivity contribution < 1.29 is 18.3 Å². The monoisotopic (exact) mass is 575 g/mol. The second-order valence-electron chi connectivity index (χ2n) is 11.5. The summed E-state index contributed by atoms with van der Waals surface area (Å²) in [6, 6.07) is 13.3. The molecule has 7 nitrogen and oxygen atoms in total. The maximum Gasteiger partial charge on any atom is 0.412 e. The molecule has 0 saturated carbocycles. The Kier molecular flexibility index (Phi) is 8.52. The average molecular weight is 576 g/mol. The van der Waals surface area contributed by atoms with Gasteiger partial charge in [-0.1, -0.05) is 35.9 Å². The molecule has 42 heavy (non-hydrogen) atoms. The number of carbonyl (C=O) groups is 1. The van der Waals surface area contributed by atoms with Gasteiger partial charge in [-0.2, -0.15) is 0 Å². The van der Waals surface area contributed by atoms with Gasteiger partial charge in [0.2, 0.25) is 0 Å². The molecule has 9 heteroatoms. The standard InChI is InChI=1S/C33H35F2N3O4/c1-19-15-20(2)29(21(3)16-19)26-18-37(17-25-27(34)9-8-10-28(25)35)32(41)38(30(26)39)22(4)23-11-13-24(14-12-23)36-31(40)42-33(5,6)7/h8-16,18,22H,17H2,1-7H3,(H,36,40)/t22-/m1/s1. The minimum absolute atomic E-state index is 0.247. The lowest BCUT2D eigenvalue weighted by Gasteiger charge is -2.21. The van der Waals surface area contributed by atoms with Crippen molar-refractivity contribution in [3.8, 4) is 11.1 Å². The van der Waals surface area contributed by atoms with Gasteiger partial charge in [0.1, 0.15) is 17.2 Å². The van der Waals surface area contributed by atoms with E-state index in [1.54, 1.807) is 52.0 Å². The number of halogens is 2. The minimum atomic E-state index is -0.787. The summed E-state index contributed by atoms with van der Waals surface area (Å²) in [7, 11) is 0. The highest BCUT2D eigenvalue weighted by molar-refractivity contribution is 5.84. The highest BCUT2D eigenvalue weighted by Gasteiger charge is 2.23. The van der Waals surface area contributed by atoms with Crippen LogP contribution in [0.3, 0.4) is 0 Å². The fourth-order valence-electron chi connectivity index (χ4n) is 5.12. The molecule has 4 rings (SSSR count). The first-order chi connectivity index (χ1) is 19.7. The van der Waals surface area contributed by atoms with E-state index in [2.05, 4.69) is 5.32 Å². The summed E-state index contributed by atoms with van der Waals surface area (Å²) in [5.74, 6) is -1.57. The number of nitrogens with zero attached hydrogens (tertiary/aromatic N) is 2. The molecular weight excluding hydrogens is 540 g/mol. The van der Waals surface area contributed by atoms with Crippen LogP contribution in [0.4, 0.5) is 19.3 Å². The van der Waals surface area contributed by atoms with E-state index < -0.39 is 47.2 Å². The summed E-state index contributed by atoms with van der Waals surface area (Å²) in [6.45, 7) is 12.3. The van der Waals surface area contributed by atoms with Gasteiger partial charge in [0.05, 0.1) is 18.2 Å². The Morgan fingerprint density at radius 1 is 0.952 bits per heavy atom. The van der Waals surface area contributed by atoms with Gasteiger partial charge in [0.15, 0.2) is 0 Å². The van der Waals surface area contributed by atoms with Crippen LogP contribution in [-0.2, 0) is 11.3 Å². The summed E-state index contributed by atoms with van der Waals surface area (Å²) in [6.07, 6.45) is 0.775. The van der Waals surface area contributed by atoms with Crippen LogP contribution in [0.25, 0.3) is 11.1 Å². The molecule has 1 N–H and O–H groups in total. The number of nitrogens with one attached hydrogen (secondary N) is 1. The van der Waals surface area contributed by atoms with Crippen molar-refractivity contribution in [1.29, 1.82) is 0 Å². The lowest BCUT2D eigenvalue weighted by molar-refractivity contribution is 0.0636. The molecule has 0 aliphatic rings. The fourth-order valence-corrected chi connectivity index (χ4v) is 5.12. The van der Waals surface area contributed by atoms with Crippen molar-refractivity contribution in [3.63, 3.8) is 0 Å². The number of rotatable bonds is 6. The van der Waals surface area contributed by atoms with Crippen molar-refractivity contribution in [2.45, 2.75) is 66.7 Å². The summed E-state index contributed by atoms with van der Waals surface area (Å²) in [5.41, 5.74) is 2.50. The molecule has 1 heterocycles. The van der Waals surface area contributed by atoms with Crippen molar-refractivity contribution >= 4 is 11.8 Å².